The fraction of sp³-hybridized carbons (Fsp3) is 0.417. The predicted molar refractivity (Wildman–Crippen MR) is 71.8 cm³/mol. The topological polar surface area (TPSA) is 64.3 Å². The van der Waals surface area contributed by atoms with E-state index in [9.17, 15) is 4.79 Å². The number of anilines is 1. The van der Waals surface area contributed by atoms with Crippen LogP contribution in [0.25, 0.3) is 0 Å². The molecule has 0 fully saturated rings. The van der Waals surface area contributed by atoms with Gasteiger partial charge in [0.15, 0.2) is 0 Å². The largest absolute Gasteiger partial charge is 0.491 e. The van der Waals surface area contributed by atoms with Crippen LogP contribution in [0.15, 0.2) is 24.3 Å². The van der Waals surface area contributed by atoms with E-state index in [2.05, 4.69) is 5.32 Å². The van der Waals surface area contributed by atoms with Crippen LogP contribution >= 0.6 is 12.4 Å². The summed E-state index contributed by atoms with van der Waals surface area (Å²) in [5.74, 6) is 0.464. The Balaban J connectivity index is 0.00000256. The molecule has 0 radical (unpaired) electrons. The number of para-hydroxylation sites is 2. The molecule has 3 N–H and O–H groups in total. The molecule has 1 atom stereocenters. The summed E-state index contributed by atoms with van der Waals surface area (Å²) in [6.07, 6.45) is 0.926. The van der Waals surface area contributed by atoms with Gasteiger partial charge in [-0.05, 0) is 25.5 Å². The van der Waals surface area contributed by atoms with Crippen LogP contribution in [0.5, 0.6) is 5.75 Å². The maximum Gasteiger partial charge on any atom is 0.241 e. The minimum Gasteiger partial charge on any atom is -0.491 e. The van der Waals surface area contributed by atoms with Gasteiger partial charge in [0, 0.05) is 0 Å². The van der Waals surface area contributed by atoms with Crippen LogP contribution in [0.2, 0.25) is 0 Å². The average Bonchev–Trinajstić information content (AvgIpc) is 2.27. The van der Waals surface area contributed by atoms with E-state index in [1.807, 2.05) is 25.1 Å². The maximum absolute atomic E-state index is 11.4. The Morgan fingerprint density at radius 1 is 1.47 bits per heavy atom. The number of carbonyl (C=O) groups is 1. The fourth-order valence-electron chi connectivity index (χ4n) is 1.15. The SMILES string of the molecule is CCCOc1ccccc1NC(=O)[C@@H](C)N.Cl. The van der Waals surface area contributed by atoms with Crippen LogP contribution in [-0.2, 0) is 4.79 Å². The number of amides is 1. The van der Waals surface area contributed by atoms with E-state index < -0.39 is 6.04 Å². The van der Waals surface area contributed by atoms with E-state index >= 15 is 0 Å². The number of carbonyl (C=O) groups excluding carboxylic acids is 1. The lowest BCUT2D eigenvalue weighted by Gasteiger charge is -2.12. The van der Waals surface area contributed by atoms with Crippen molar-refractivity contribution in [3.63, 3.8) is 0 Å². The number of hydrogen-bond acceptors (Lipinski definition) is 3. The third kappa shape index (κ3) is 5.06. The molecule has 0 aliphatic heterocycles. The van der Waals surface area contributed by atoms with Gasteiger partial charge in [-0.3, -0.25) is 4.79 Å². The van der Waals surface area contributed by atoms with Crippen LogP contribution in [0.3, 0.4) is 0 Å². The number of nitrogens with two attached hydrogens (primary N) is 1. The molecule has 0 aromatic heterocycles. The average molecular weight is 259 g/mol. The molecule has 4 nitrogen and oxygen atoms in total. The van der Waals surface area contributed by atoms with Gasteiger partial charge in [0.05, 0.1) is 18.3 Å². The number of rotatable bonds is 5. The zero-order valence-corrected chi connectivity index (χ0v) is 10.9. The van der Waals surface area contributed by atoms with Crippen molar-refractivity contribution in [2.45, 2.75) is 26.3 Å². The number of halogens is 1. The Hall–Kier alpha value is -1.26. The Morgan fingerprint density at radius 3 is 2.71 bits per heavy atom. The predicted octanol–water partition coefficient (Wildman–Crippen LogP) is 2.18. The first kappa shape index (κ1) is 15.7. The normalized spacial score (nSPS) is 11.2. The van der Waals surface area contributed by atoms with Crippen LogP contribution in [0, 0.1) is 0 Å². The van der Waals surface area contributed by atoms with Crippen molar-refractivity contribution in [2.24, 2.45) is 5.73 Å². The molecule has 17 heavy (non-hydrogen) atoms. The van der Waals surface area contributed by atoms with Crippen molar-refractivity contribution in [3.8, 4) is 5.75 Å². The summed E-state index contributed by atoms with van der Waals surface area (Å²) in [4.78, 5) is 11.4. The summed E-state index contributed by atoms with van der Waals surface area (Å²) in [5.41, 5.74) is 6.15. The lowest BCUT2D eigenvalue weighted by Crippen LogP contribution is -2.32. The standard InChI is InChI=1S/C12H18N2O2.ClH/c1-3-8-16-11-7-5-4-6-10(11)14-12(15)9(2)13;/h4-7,9H,3,8,13H2,1-2H3,(H,14,15);1H/t9-;/m1./s1. The number of benzene rings is 1. The van der Waals surface area contributed by atoms with Gasteiger partial charge in [0.2, 0.25) is 5.91 Å². The smallest absolute Gasteiger partial charge is 0.241 e. The van der Waals surface area contributed by atoms with Crippen LogP contribution in [-0.4, -0.2) is 18.6 Å². The molecule has 1 amide bonds. The van der Waals surface area contributed by atoms with Gasteiger partial charge in [-0.25, -0.2) is 0 Å². The molecule has 1 aromatic rings. The van der Waals surface area contributed by atoms with Gasteiger partial charge in [-0.1, -0.05) is 19.1 Å². The van der Waals surface area contributed by atoms with E-state index in [4.69, 9.17) is 10.5 Å². The molecule has 0 aliphatic carbocycles. The summed E-state index contributed by atoms with van der Waals surface area (Å²) >= 11 is 0. The van der Waals surface area contributed by atoms with Crippen LogP contribution in [0.4, 0.5) is 5.69 Å². The molecule has 0 saturated heterocycles. The molecule has 0 unspecified atom stereocenters. The van der Waals surface area contributed by atoms with E-state index in [-0.39, 0.29) is 18.3 Å². The second-order valence-electron chi connectivity index (χ2n) is 3.62. The van der Waals surface area contributed by atoms with Gasteiger partial charge in [-0.2, -0.15) is 0 Å². The molecule has 96 valence electrons. The molecular formula is C12H19ClN2O2. The summed E-state index contributed by atoms with van der Waals surface area (Å²) < 4.78 is 5.51. The monoisotopic (exact) mass is 258 g/mol. The van der Waals surface area contributed by atoms with Crippen LogP contribution < -0.4 is 15.8 Å². The lowest BCUT2D eigenvalue weighted by atomic mass is 10.2. The Labute approximate surface area is 108 Å². The van der Waals surface area contributed by atoms with Crippen molar-refractivity contribution >= 4 is 24.0 Å². The highest BCUT2D eigenvalue weighted by molar-refractivity contribution is 5.95. The Kier molecular flexibility index (Phi) is 7.34. The molecule has 0 aliphatic rings. The molecule has 0 spiro atoms. The van der Waals surface area contributed by atoms with E-state index in [0.717, 1.165) is 6.42 Å². The lowest BCUT2D eigenvalue weighted by molar-refractivity contribution is -0.117. The Bertz CT molecular complexity index is 356. The first-order chi connectivity index (χ1) is 7.65. The zero-order chi connectivity index (χ0) is 12.0. The minimum atomic E-state index is -0.528. The van der Waals surface area contributed by atoms with Gasteiger partial charge in [-0.15, -0.1) is 12.4 Å². The Morgan fingerprint density at radius 2 is 2.12 bits per heavy atom. The zero-order valence-electron chi connectivity index (χ0n) is 10.1. The maximum atomic E-state index is 11.4. The van der Waals surface area contributed by atoms with E-state index in [0.29, 0.717) is 18.0 Å². The third-order valence-corrected chi connectivity index (χ3v) is 2.02. The van der Waals surface area contributed by atoms with Gasteiger partial charge < -0.3 is 15.8 Å². The van der Waals surface area contributed by atoms with Gasteiger partial charge >= 0.3 is 0 Å². The molecule has 0 saturated carbocycles. The highest BCUT2D eigenvalue weighted by Gasteiger charge is 2.10. The summed E-state index contributed by atoms with van der Waals surface area (Å²) in [6, 6.07) is 6.80. The van der Waals surface area contributed by atoms with Crippen LogP contribution in [0.1, 0.15) is 20.3 Å². The van der Waals surface area contributed by atoms with Crippen molar-refractivity contribution in [1.82, 2.24) is 0 Å². The van der Waals surface area contributed by atoms with Gasteiger partial charge in [0.25, 0.3) is 0 Å². The van der Waals surface area contributed by atoms with Crippen molar-refractivity contribution in [2.75, 3.05) is 11.9 Å². The molecular weight excluding hydrogens is 240 g/mol. The fourth-order valence-corrected chi connectivity index (χ4v) is 1.15. The highest BCUT2D eigenvalue weighted by Crippen LogP contribution is 2.23. The van der Waals surface area contributed by atoms with Crippen molar-refractivity contribution in [1.29, 1.82) is 0 Å². The molecule has 0 bridgehead atoms. The first-order valence-electron chi connectivity index (χ1n) is 5.43. The molecule has 5 heteroatoms. The summed E-state index contributed by atoms with van der Waals surface area (Å²) in [6.45, 7) is 4.30. The van der Waals surface area contributed by atoms with Crippen molar-refractivity contribution < 1.29 is 9.53 Å². The quantitative estimate of drug-likeness (QED) is 0.851. The second kappa shape index (κ2) is 7.92. The molecule has 0 heterocycles. The summed E-state index contributed by atoms with van der Waals surface area (Å²) in [7, 11) is 0. The number of hydrogen-bond donors (Lipinski definition) is 2. The van der Waals surface area contributed by atoms with Gasteiger partial charge in [0.1, 0.15) is 5.75 Å². The second-order valence-corrected chi connectivity index (χ2v) is 3.62. The number of nitrogens with one attached hydrogen (secondary N) is 1. The van der Waals surface area contributed by atoms with E-state index in [1.165, 1.54) is 0 Å². The summed E-state index contributed by atoms with van der Waals surface area (Å²) in [5, 5.41) is 2.73. The highest BCUT2D eigenvalue weighted by atomic mass is 35.5. The molecule has 1 rings (SSSR count). The minimum absolute atomic E-state index is 0. The van der Waals surface area contributed by atoms with Crippen molar-refractivity contribution in [3.05, 3.63) is 24.3 Å². The van der Waals surface area contributed by atoms with E-state index in [1.54, 1.807) is 13.0 Å². The molecule has 1 aromatic carbocycles. The first-order valence-corrected chi connectivity index (χ1v) is 5.43. The number of ether oxygens (including phenoxy) is 1. The third-order valence-electron chi connectivity index (χ3n) is 2.02.